The summed E-state index contributed by atoms with van der Waals surface area (Å²) in [5.41, 5.74) is 0. The molecule has 0 radical (unpaired) electrons. The van der Waals surface area contributed by atoms with Crippen LogP contribution in [0.15, 0.2) is 72.9 Å². The van der Waals surface area contributed by atoms with Gasteiger partial charge in [-0.25, -0.2) is 0 Å². The van der Waals surface area contributed by atoms with Crippen molar-refractivity contribution in [2.45, 2.75) is 219 Å². The van der Waals surface area contributed by atoms with E-state index >= 15 is 0 Å². The van der Waals surface area contributed by atoms with E-state index in [0.29, 0.717) is 19.3 Å². The molecule has 6 aliphatic rings. The Hall–Kier alpha value is -5.73. The second-order valence-corrected chi connectivity index (χ2v) is 24.4. The van der Waals surface area contributed by atoms with Crippen molar-refractivity contribution in [1.82, 2.24) is 0 Å². The van der Waals surface area contributed by atoms with E-state index in [0.717, 1.165) is 154 Å². The van der Waals surface area contributed by atoms with Gasteiger partial charge in [-0.15, -0.1) is 0 Å². The van der Waals surface area contributed by atoms with Crippen molar-refractivity contribution in [2.75, 3.05) is 13.2 Å². The molecule has 0 spiro atoms. The summed E-state index contributed by atoms with van der Waals surface area (Å²) in [5, 5.41) is 0. The van der Waals surface area contributed by atoms with Crippen LogP contribution in [0.1, 0.15) is 213 Å². The minimum atomic E-state index is -0.937. The molecule has 3 heterocycles. The summed E-state index contributed by atoms with van der Waals surface area (Å²) in [5.74, 6) is -6.54. The van der Waals surface area contributed by atoms with Crippen LogP contribution >= 0.6 is 0 Å². The van der Waals surface area contributed by atoms with Crippen molar-refractivity contribution in [3.63, 3.8) is 0 Å². The minimum absolute atomic E-state index is 0.0417. The van der Waals surface area contributed by atoms with E-state index < -0.39 is 95.3 Å². The summed E-state index contributed by atoms with van der Waals surface area (Å²) in [6.07, 6.45) is 48.7. The van der Waals surface area contributed by atoms with E-state index in [9.17, 15) is 43.2 Å². The fourth-order valence-corrected chi connectivity index (χ4v) is 13.2. The number of esters is 9. The molecule has 84 heavy (non-hydrogen) atoms. The molecule has 0 saturated carbocycles. The van der Waals surface area contributed by atoms with E-state index in [1.165, 1.54) is 0 Å². The molecule has 15 nitrogen and oxygen atoms in total. The van der Waals surface area contributed by atoms with Gasteiger partial charge in [0.15, 0.2) is 6.10 Å². The zero-order chi connectivity index (χ0) is 60.1. The second kappa shape index (κ2) is 37.0. The molecule has 12 unspecified atom stereocenters. The molecular formula is C69H98O15. The molecule has 6 rings (SSSR count). The van der Waals surface area contributed by atoms with Crippen LogP contribution in [0.3, 0.4) is 0 Å². The lowest BCUT2D eigenvalue weighted by Gasteiger charge is -2.29. The first-order valence-corrected chi connectivity index (χ1v) is 32.7. The molecule has 3 fully saturated rings. The van der Waals surface area contributed by atoms with Gasteiger partial charge in [0.2, 0.25) is 0 Å². The highest BCUT2D eigenvalue weighted by Gasteiger charge is 2.54. The molecule has 3 aliphatic carbocycles. The van der Waals surface area contributed by atoms with Gasteiger partial charge in [-0.1, -0.05) is 190 Å². The van der Waals surface area contributed by atoms with Crippen molar-refractivity contribution < 1.29 is 71.6 Å². The normalized spacial score (nSPS) is 27.3. The van der Waals surface area contributed by atoms with E-state index in [4.69, 9.17) is 28.4 Å². The van der Waals surface area contributed by atoms with Crippen molar-refractivity contribution in [1.29, 1.82) is 0 Å². The van der Waals surface area contributed by atoms with Crippen LogP contribution < -0.4 is 0 Å². The zero-order valence-electron chi connectivity index (χ0n) is 50.7. The summed E-state index contributed by atoms with van der Waals surface area (Å²) in [4.78, 5) is 114. The molecule has 3 aliphatic heterocycles. The number of ether oxygens (including phenoxy) is 6. The van der Waals surface area contributed by atoms with Crippen LogP contribution in [0, 0.1) is 71.0 Å². The van der Waals surface area contributed by atoms with Gasteiger partial charge in [0.05, 0.1) is 35.5 Å². The average Bonchev–Trinajstić information content (AvgIpc) is 4.14. The lowest BCUT2D eigenvalue weighted by molar-refractivity contribution is -0.167. The van der Waals surface area contributed by atoms with Gasteiger partial charge < -0.3 is 28.4 Å². The number of carbonyl (C=O) groups is 9. The molecule has 0 amide bonds. The molecule has 0 aromatic carbocycles. The third kappa shape index (κ3) is 21.1. The number of allylic oxidation sites excluding steroid dienone is 12. The number of rotatable bonds is 41. The van der Waals surface area contributed by atoms with Crippen molar-refractivity contribution in [3.05, 3.63) is 72.9 Å². The molecule has 3 saturated heterocycles. The number of unbranched alkanes of at least 4 members (excludes halogenated alkanes) is 18. The van der Waals surface area contributed by atoms with Crippen LogP contribution in [-0.2, 0) is 71.6 Å². The highest BCUT2D eigenvalue weighted by atomic mass is 16.6. The molecule has 0 bridgehead atoms. The Balaban J connectivity index is 0.857. The number of hydrogen-bond donors (Lipinski definition) is 0. The van der Waals surface area contributed by atoms with Crippen LogP contribution in [0.4, 0.5) is 0 Å². The Bertz CT molecular complexity index is 2250. The zero-order valence-corrected chi connectivity index (χ0v) is 50.7. The van der Waals surface area contributed by atoms with E-state index in [2.05, 4.69) is 75.5 Å². The lowest BCUT2D eigenvalue weighted by Crippen LogP contribution is -2.33. The Labute approximate surface area is 500 Å². The molecule has 0 aromatic rings. The number of carbonyl (C=O) groups excluding carboxylic acids is 9. The molecule has 464 valence electrons. The van der Waals surface area contributed by atoms with E-state index in [1.807, 2.05) is 18.2 Å². The first-order chi connectivity index (χ1) is 40.8. The lowest BCUT2D eigenvalue weighted by atomic mass is 9.70. The highest BCUT2D eigenvalue weighted by Crippen LogP contribution is 2.45. The van der Waals surface area contributed by atoms with Gasteiger partial charge in [-0.2, -0.15) is 0 Å². The Morgan fingerprint density at radius 1 is 0.381 bits per heavy atom. The third-order valence-corrected chi connectivity index (χ3v) is 17.9. The fraction of sp³-hybridized carbons (Fsp3) is 0.696. The van der Waals surface area contributed by atoms with E-state index in [-0.39, 0.29) is 68.0 Å². The van der Waals surface area contributed by atoms with Gasteiger partial charge in [0, 0.05) is 37.0 Å². The van der Waals surface area contributed by atoms with Crippen LogP contribution in [0.5, 0.6) is 0 Å². The number of hydrogen-bond acceptors (Lipinski definition) is 15. The van der Waals surface area contributed by atoms with Crippen LogP contribution in [0.25, 0.3) is 0 Å². The summed E-state index contributed by atoms with van der Waals surface area (Å²) >= 11 is 0. The highest BCUT2D eigenvalue weighted by molar-refractivity contribution is 5.99. The standard InChI is InChI=1S/C69H98O15/c1-4-7-31-48-40-43-51(61-58(48)64(73)82-67(61)76)34-25-19-13-10-16-22-28-37-55(70)79-46-54(81-57(72)39-30-24-18-12-15-21-27-36-53-45-42-50(33-9-6-3)60-63(53)69(78)84-66(60)75)47-80-56(71)38-29-23-17-11-14-20-26-35-52-44-41-49(32-8-5-2)59-62(52)68(77)83-65(59)74/h25-27,34-36,40-45,48-54,58-63H,4-24,28-33,37-39,46-47H2,1-3H3. The van der Waals surface area contributed by atoms with Crippen molar-refractivity contribution in [2.24, 2.45) is 71.0 Å². The predicted molar refractivity (Wildman–Crippen MR) is 317 cm³/mol. The predicted octanol–water partition coefficient (Wildman–Crippen LogP) is 13.8. The smallest absolute Gasteiger partial charge is 0.318 e. The van der Waals surface area contributed by atoms with Crippen molar-refractivity contribution in [3.8, 4) is 0 Å². The summed E-state index contributed by atoms with van der Waals surface area (Å²) in [6.45, 7) is 5.91. The fourth-order valence-electron chi connectivity index (χ4n) is 13.2. The Kier molecular flexibility index (Phi) is 29.7. The monoisotopic (exact) mass is 1170 g/mol. The van der Waals surface area contributed by atoms with E-state index in [1.54, 1.807) is 0 Å². The van der Waals surface area contributed by atoms with Crippen LogP contribution in [0.2, 0.25) is 0 Å². The van der Waals surface area contributed by atoms with Gasteiger partial charge in [-0.3, -0.25) is 43.2 Å². The minimum Gasteiger partial charge on any atom is -0.462 e. The quantitative estimate of drug-likeness (QED) is 0.0183. The molecule has 0 N–H and O–H groups in total. The SMILES string of the molecule is CCCCC1C=CC(C=CCCCCCCCC(=O)OCC(COC(=O)CCCCCCCC=CC2C=CC(CCCC)C3C(=O)OC(=O)C23)OC(=O)CCCCCCCC=CC2C=CC(CCCC)C3C(=O)OC(=O)C23)C2C(=O)OC(=O)C12. The second-order valence-electron chi connectivity index (χ2n) is 24.4. The van der Waals surface area contributed by atoms with Gasteiger partial charge in [0.1, 0.15) is 13.2 Å². The van der Waals surface area contributed by atoms with Gasteiger partial charge in [0.25, 0.3) is 0 Å². The Morgan fingerprint density at radius 3 is 0.988 bits per heavy atom. The first-order valence-electron chi connectivity index (χ1n) is 32.7. The molecule has 15 heteroatoms. The van der Waals surface area contributed by atoms with Gasteiger partial charge >= 0.3 is 53.7 Å². The third-order valence-electron chi connectivity index (χ3n) is 17.9. The maximum absolute atomic E-state index is 13.1. The van der Waals surface area contributed by atoms with Crippen LogP contribution in [-0.4, -0.2) is 73.0 Å². The van der Waals surface area contributed by atoms with Gasteiger partial charge in [-0.05, 0) is 94.8 Å². The summed E-state index contributed by atoms with van der Waals surface area (Å²) in [7, 11) is 0. The Morgan fingerprint density at radius 2 is 0.667 bits per heavy atom. The molecule has 12 atom stereocenters. The summed E-state index contributed by atoms with van der Waals surface area (Å²) in [6, 6.07) is 0. The first kappa shape index (κ1) is 67.4. The largest absolute Gasteiger partial charge is 0.462 e. The number of fused-ring (bicyclic) bond motifs is 3. The van der Waals surface area contributed by atoms with Crippen molar-refractivity contribution >= 4 is 53.7 Å². The maximum atomic E-state index is 13.1. The maximum Gasteiger partial charge on any atom is 0.318 e. The molecule has 0 aromatic heterocycles. The topological polar surface area (TPSA) is 209 Å². The molecular weight excluding hydrogens is 1070 g/mol. The number of cyclic esters (lactones) is 6. The summed E-state index contributed by atoms with van der Waals surface area (Å²) < 4.78 is 32.1. The average molecular weight is 1170 g/mol.